The van der Waals surface area contributed by atoms with Crippen LogP contribution in [0.3, 0.4) is 0 Å². The zero-order valence-electron chi connectivity index (χ0n) is 20.1. The van der Waals surface area contributed by atoms with Gasteiger partial charge in [0.05, 0.1) is 23.7 Å². The molecule has 0 fully saturated rings. The van der Waals surface area contributed by atoms with Crippen LogP contribution in [0.1, 0.15) is 52.3 Å². The first-order valence-electron chi connectivity index (χ1n) is 11.6. The standard InChI is InChI=1S/C28H30ClN3O2/c1-18-10-12-22(13-11-18)28(33)30-21(4)27-31-24-8-5-6-9-25(24)32(27)14-7-15-34-23-16-19(2)26(29)20(3)17-23/h5-6,8-13,16-17,21H,7,14-15H2,1-4H3,(H,30,33). The van der Waals surface area contributed by atoms with Gasteiger partial charge in [0.25, 0.3) is 5.91 Å². The lowest BCUT2D eigenvalue weighted by atomic mass is 10.1. The number of aromatic nitrogens is 2. The third kappa shape index (κ3) is 5.26. The highest BCUT2D eigenvalue weighted by molar-refractivity contribution is 6.32. The number of nitrogens with zero attached hydrogens (tertiary/aromatic N) is 2. The van der Waals surface area contributed by atoms with Gasteiger partial charge in [-0.1, -0.05) is 41.4 Å². The second kappa shape index (κ2) is 10.3. The molecule has 3 aromatic carbocycles. The fourth-order valence-corrected chi connectivity index (χ4v) is 4.22. The van der Waals surface area contributed by atoms with Crippen LogP contribution in [0.25, 0.3) is 11.0 Å². The van der Waals surface area contributed by atoms with Gasteiger partial charge in [0.15, 0.2) is 0 Å². The number of para-hydroxylation sites is 2. The molecule has 0 bridgehead atoms. The second-order valence-electron chi connectivity index (χ2n) is 8.74. The summed E-state index contributed by atoms with van der Waals surface area (Å²) in [5.41, 5.74) is 5.75. The molecule has 4 aromatic rings. The summed E-state index contributed by atoms with van der Waals surface area (Å²) in [5.74, 6) is 1.55. The molecule has 4 rings (SSSR count). The van der Waals surface area contributed by atoms with E-state index in [1.54, 1.807) is 0 Å². The van der Waals surface area contributed by atoms with E-state index in [0.29, 0.717) is 12.2 Å². The van der Waals surface area contributed by atoms with Crippen molar-refractivity contribution in [2.24, 2.45) is 0 Å². The van der Waals surface area contributed by atoms with Crippen molar-refractivity contribution in [3.8, 4) is 5.75 Å². The maximum Gasteiger partial charge on any atom is 0.251 e. The number of carbonyl (C=O) groups excluding carboxylic acids is 1. The summed E-state index contributed by atoms with van der Waals surface area (Å²) >= 11 is 6.27. The van der Waals surface area contributed by atoms with Crippen molar-refractivity contribution in [3.05, 3.63) is 93.8 Å². The van der Waals surface area contributed by atoms with Crippen LogP contribution in [-0.4, -0.2) is 22.1 Å². The first kappa shape index (κ1) is 23.8. The average Bonchev–Trinajstić information content (AvgIpc) is 3.19. The zero-order chi connectivity index (χ0) is 24.2. The van der Waals surface area contributed by atoms with Gasteiger partial charge in [0.1, 0.15) is 11.6 Å². The SMILES string of the molecule is Cc1ccc(C(=O)NC(C)c2nc3ccccc3n2CCCOc2cc(C)c(Cl)c(C)c2)cc1. The van der Waals surface area contributed by atoms with E-state index in [1.165, 1.54) is 0 Å². The monoisotopic (exact) mass is 475 g/mol. The molecule has 0 aliphatic heterocycles. The van der Waals surface area contributed by atoms with Crippen LogP contribution < -0.4 is 10.1 Å². The molecule has 34 heavy (non-hydrogen) atoms. The van der Waals surface area contributed by atoms with Gasteiger partial charge in [-0.2, -0.15) is 0 Å². The molecule has 0 saturated carbocycles. The van der Waals surface area contributed by atoms with Crippen molar-refractivity contribution >= 4 is 28.5 Å². The minimum absolute atomic E-state index is 0.108. The summed E-state index contributed by atoms with van der Waals surface area (Å²) in [6.07, 6.45) is 0.798. The molecular weight excluding hydrogens is 446 g/mol. The third-order valence-corrected chi connectivity index (χ3v) is 6.53. The first-order valence-corrected chi connectivity index (χ1v) is 11.9. The number of fused-ring (bicyclic) bond motifs is 1. The van der Waals surface area contributed by atoms with E-state index >= 15 is 0 Å². The Balaban J connectivity index is 1.47. The molecular formula is C28H30ClN3O2. The maximum absolute atomic E-state index is 12.8. The predicted octanol–water partition coefficient (Wildman–Crippen LogP) is 6.58. The Morgan fingerprint density at radius 3 is 2.44 bits per heavy atom. The zero-order valence-corrected chi connectivity index (χ0v) is 20.8. The largest absolute Gasteiger partial charge is 0.494 e. The number of ether oxygens (including phenoxy) is 1. The summed E-state index contributed by atoms with van der Waals surface area (Å²) in [6, 6.07) is 19.3. The van der Waals surface area contributed by atoms with Gasteiger partial charge in [-0.25, -0.2) is 4.98 Å². The second-order valence-corrected chi connectivity index (χ2v) is 9.12. The van der Waals surface area contributed by atoms with E-state index in [1.807, 2.05) is 82.3 Å². The van der Waals surface area contributed by atoms with Crippen molar-refractivity contribution in [1.29, 1.82) is 0 Å². The lowest BCUT2D eigenvalue weighted by Crippen LogP contribution is -2.28. The molecule has 176 valence electrons. The van der Waals surface area contributed by atoms with Crippen LogP contribution in [0.4, 0.5) is 0 Å². The van der Waals surface area contributed by atoms with Gasteiger partial charge in [-0.3, -0.25) is 4.79 Å². The molecule has 1 atom stereocenters. The molecule has 0 spiro atoms. The van der Waals surface area contributed by atoms with E-state index in [4.69, 9.17) is 21.3 Å². The highest BCUT2D eigenvalue weighted by Gasteiger charge is 2.19. The third-order valence-electron chi connectivity index (χ3n) is 5.94. The summed E-state index contributed by atoms with van der Waals surface area (Å²) in [5, 5.41) is 3.88. The molecule has 1 heterocycles. The number of imidazole rings is 1. The van der Waals surface area contributed by atoms with Crippen LogP contribution in [0, 0.1) is 20.8 Å². The first-order chi connectivity index (χ1) is 16.3. The van der Waals surface area contributed by atoms with Crippen molar-refractivity contribution in [3.63, 3.8) is 0 Å². The van der Waals surface area contributed by atoms with Crippen molar-refractivity contribution in [2.45, 2.75) is 46.7 Å². The normalized spacial score (nSPS) is 12.0. The molecule has 1 unspecified atom stereocenters. The molecule has 1 aromatic heterocycles. The highest BCUT2D eigenvalue weighted by Crippen LogP contribution is 2.26. The van der Waals surface area contributed by atoms with Gasteiger partial charge in [0.2, 0.25) is 0 Å². The lowest BCUT2D eigenvalue weighted by Gasteiger charge is -2.17. The van der Waals surface area contributed by atoms with Crippen LogP contribution in [-0.2, 0) is 6.54 Å². The Hall–Kier alpha value is -3.31. The molecule has 0 aliphatic carbocycles. The molecule has 0 aliphatic rings. The minimum atomic E-state index is -0.247. The maximum atomic E-state index is 12.8. The van der Waals surface area contributed by atoms with E-state index in [0.717, 1.165) is 57.3 Å². The van der Waals surface area contributed by atoms with Gasteiger partial charge < -0.3 is 14.6 Å². The fourth-order valence-electron chi connectivity index (χ4n) is 4.11. The highest BCUT2D eigenvalue weighted by atomic mass is 35.5. The summed E-state index contributed by atoms with van der Waals surface area (Å²) < 4.78 is 8.18. The number of aryl methyl sites for hydroxylation is 4. The van der Waals surface area contributed by atoms with E-state index < -0.39 is 0 Å². The van der Waals surface area contributed by atoms with Crippen LogP contribution in [0.15, 0.2) is 60.7 Å². The van der Waals surface area contributed by atoms with Crippen LogP contribution in [0.5, 0.6) is 5.75 Å². The Labute approximate surface area is 205 Å². The minimum Gasteiger partial charge on any atom is -0.494 e. The van der Waals surface area contributed by atoms with Gasteiger partial charge >= 0.3 is 0 Å². The Morgan fingerprint density at radius 1 is 1.06 bits per heavy atom. The fraction of sp³-hybridized carbons (Fsp3) is 0.286. The quantitative estimate of drug-likeness (QED) is 0.293. The van der Waals surface area contributed by atoms with E-state index in [9.17, 15) is 4.79 Å². The summed E-state index contributed by atoms with van der Waals surface area (Å²) in [7, 11) is 0. The Bertz CT molecular complexity index is 1290. The smallest absolute Gasteiger partial charge is 0.251 e. The molecule has 0 radical (unpaired) electrons. The lowest BCUT2D eigenvalue weighted by molar-refractivity contribution is 0.0937. The van der Waals surface area contributed by atoms with Crippen molar-refractivity contribution < 1.29 is 9.53 Å². The predicted molar refractivity (Wildman–Crippen MR) is 138 cm³/mol. The number of benzene rings is 3. The van der Waals surface area contributed by atoms with Gasteiger partial charge in [-0.15, -0.1) is 0 Å². The van der Waals surface area contributed by atoms with E-state index in [2.05, 4.69) is 16.0 Å². The molecule has 1 N–H and O–H groups in total. The molecule has 5 nitrogen and oxygen atoms in total. The number of hydrogen-bond acceptors (Lipinski definition) is 3. The van der Waals surface area contributed by atoms with Crippen LogP contribution >= 0.6 is 11.6 Å². The van der Waals surface area contributed by atoms with Gasteiger partial charge in [-0.05, 0) is 81.6 Å². The Morgan fingerprint density at radius 2 is 1.74 bits per heavy atom. The van der Waals surface area contributed by atoms with E-state index in [-0.39, 0.29) is 11.9 Å². The number of hydrogen-bond donors (Lipinski definition) is 1. The molecule has 6 heteroatoms. The summed E-state index contributed by atoms with van der Waals surface area (Å²) in [6.45, 7) is 9.24. The number of amides is 1. The molecule has 0 saturated heterocycles. The number of carbonyl (C=O) groups is 1. The Kier molecular flexibility index (Phi) is 7.23. The number of rotatable bonds is 8. The topological polar surface area (TPSA) is 56.2 Å². The number of halogens is 1. The van der Waals surface area contributed by atoms with Crippen molar-refractivity contribution in [2.75, 3.05) is 6.61 Å². The molecule has 1 amide bonds. The summed E-state index contributed by atoms with van der Waals surface area (Å²) in [4.78, 5) is 17.6. The van der Waals surface area contributed by atoms with Gasteiger partial charge in [0, 0.05) is 17.1 Å². The number of nitrogens with one attached hydrogen (secondary N) is 1. The van der Waals surface area contributed by atoms with Crippen molar-refractivity contribution in [1.82, 2.24) is 14.9 Å². The van der Waals surface area contributed by atoms with Crippen LogP contribution in [0.2, 0.25) is 5.02 Å². The average molecular weight is 476 g/mol.